The summed E-state index contributed by atoms with van der Waals surface area (Å²) in [6.07, 6.45) is 2.16. The Morgan fingerprint density at radius 2 is 1.27 bits per heavy atom. The number of allylic oxidation sites excluding steroid dienone is 2. The van der Waals surface area contributed by atoms with Gasteiger partial charge in [0.25, 0.3) is 0 Å². The van der Waals surface area contributed by atoms with Crippen LogP contribution in [0, 0.1) is 0 Å². The van der Waals surface area contributed by atoms with Crippen LogP contribution in [0.1, 0.15) is 5.56 Å². The van der Waals surface area contributed by atoms with E-state index in [-0.39, 0.29) is 0 Å². The summed E-state index contributed by atoms with van der Waals surface area (Å²) in [6, 6.07) is 50.3. The number of nitrogens with zero attached hydrogens (tertiary/aromatic N) is 5. The van der Waals surface area contributed by atoms with Gasteiger partial charge < -0.3 is 8.83 Å². The molecule has 0 N–H and O–H groups in total. The molecular formula is C45H27N5O2. The van der Waals surface area contributed by atoms with Gasteiger partial charge in [-0.2, -0.15) is 0 Å². The van der Waals surface area contributed by atoms with Crippen molar-refractivity contribution in [1.29, 1.82) is 0 Å². The van der Waals surface area contributed by atoms with E-state index in [4.69, 9.17) is 13.8 Å². The zero-order chi connectivity index (χ0) is 34.1. The number of anilines is 4. The SMILES string of the molecule is C=C1C=C2N(c3ccccc3)c3oc4ccccc4c3N2c2ccc(-c3ccc4c(c3)nc3n(-c5ccccc5)c5oc6ccccc6c5n43)cc21. The third-order valence-corrected chi connectivity index (χ3v) is 10.5. The second-order valence-corrected chi connectivity index (χ2v) is 13.4. The minimum Gasteiger partial charge on any atom is -0.437 e. The highest BCUT2D eigenvalue weighted by atomic mass is 16.4. The molecule has 7 heteroatoms. The van der Waals surface area contributed by atoms with Crippen LogP contribution in [0.2, 0.25) is 0 Å². The van der Waals surface area contributed by atoms with Gasteiger partial charge in [0.1, 0.15) is 28.2 Å². The summed E-state index contributed by atoms with van der Waals surface area (Å²) in [5.41, 5.74) is 13.8. The van der Waals surface area contributed by atoms with E-state index in [1.807, 2.05) is 48.5 Å². The lowest BCUT2D eigenvalue weighted by Gasteiger charge is -2.31. The third kappa shape index (κ3) is 3.56. The molecule has 10 aromatic rings. The number of aromatic nitrogens is 3. The number of hydrogen-bond acceptors (Lipinski definition) is 5. The van der Waals surface area contributed by atoms with E-state index in [1.165, 1.54) is 0 Å². The first-order valence-corrected chi connectivity index (χ1v) is 17.3. The minimum atomic E-state index is 0.780. The van der Waals surface area contributed by atoms with Crippen molar-refractivity contribution in [1.82, 2.24) is 14.0 Å². The van der Waals surface area contributed by atoms with Crippen LogP contribution in [0.5, 0.6) is 0 Å². The first kappa shape index (κ1) is 27.6. The number of para-hydroxylation sites is 4. The zero-order valence-electron chi connectivity index (χ0n) is 27.7. The van der Waals surface area contributed by atoms with Gasteiger partial charge in [0.2, 0.25) is 17.4 Å². The van der Waals surface area contributed by atoms with Gasteiger partial charge in [0.05, 0.1) is 28.1 Å². The van der Waals surface area contributed by atoms with Crippen LogP contribution in [-0.2, 0) is 0 Å². The van der Waals surface area contributed by atoms with E-state index in [0.717, 1.165) is 107 Å². The lowest BCUT2D eigenvalue weighted by Crippen LogP contribution is -2.25. The first-order valence-electron chi connectivity index (χ1n) is 17.3. The Labute approximate surface area is 296 Å². The topological polar surface area (TPSA) is 55.0 Å². The van der Waals surface area contributed by atoms with Gasteiger partial charge in [-0.05, 0) is 95.6 Å². The molecule has 2 aliphatic heterocycles. The largest absolute Gasteiger partial charge is 0.437 e. The van der Waals surface area contributed by atoms with Gasteiger partial charge in [-0.3, -0.25) is 14.2 Å². The van der Waals surface area contributed by atoms with E-state index >= 15 is 0 Å². The number of fused-ring (bicyclic) bond motifs is 14. The van der Waals surface area contributed by atoms with E-state index in [0.29, 0.717) is 0 Å². The molecule has 0 fully saturated rings. The number of benzene rings is 6. The Morgan fingerprint density at radius 1 is 0.596 bits per heavy atom. The van der Waals surface area contributed by atoms with Crippen molar-refractivity contribution in [3.63, 3.8) is 0 Å². The molecule has 0 bridgehead atoms. The average Bonchev–Trinajstić information content (AvgIpc) is 3.98. The highest BCUT2D eigenvalue weighted by molar-refractivity contribution is 6.10. The van der Waals surface area contributed by atoms with Gasteiger partial charge >= 0.3 is 0 Å². The highest BCUT2D eigenvalue weighted by Gasteiger charge is 2.41. The maximum absolute atomic E-state index is 6.55. The lowest BCUT2D eigenvalue weighted by molar-refractivity contribution is 0.623. The molecule has 6 heterocycles. The molecule has 4 aromatic heterocycles. The number of rotatable bonds is 3. The molecule has 12 rings (SSSR count). The van der Waals surface area contributed by atoms with Crippen LogP contribution in [-0.4, -0.2) is 14.0 Å². The lowest BCUT2D eigenvalue weighted by atomic mass is 9.94. The van der Waals surface area contributed by atoms with Crippen LogP contribution in [0.15, 0.2) is 173 Å². The Hall–Kier alpha value is -7.25. The van der Waals surface area contributed by atoms with Crippen LogP contribution < -0.4 is 9.80 Å². The summed E-state index contributed by atoms with van der Waals surface area (Å²) in [7, 11) is 0. The van der Waals surface area contributed by atoms with E-state index in [1.54, 1.807) is 0 Å². The highest BCUT2D eigenvalue weighted by Crippen LogP contribution is 2.57. The number of furan rings is 2. The quantitative estimate of drug-likeness (QED) is 0.187. The van der Waals surface area contributed by atoms with E-state index < -0.39 is 0 Å². The summed E-state index contributed by atoms with van der Waals surface area (Å²) in [5.74, 6) is 2.62. The fraction of sp³-hybridized carbons (Fsp3) is 0. The molecule has 0 radical (unpaired) electrons. The number of hydrogen-bond donors (Lipinski definition) is 0. The summed E-state index contributed by atoms with van der Waals surface area (Å²) in [6.45, 7) is 4.56. The van der Waals surface area contributed by atoms with Gasteiger partial charge in [-0.25, -0.2) is 9.55 Å². The van der Waals surface area contributed by atoms with E-state index in [2.05, 4.69) is 128 Å². The van der Waals surface area contributed by atoms with Gasteiger partial charge in [0.15, 0.2) is 0 Å². The van der Waals surface area contributed by atoms with Gasteiger partial charge in [0, 0.05) is 16.3 Å². The maximum Gasteiger partial charge on any atom is 0.232 e. The predicted octanol–water partition coefficient (Wildman–Crippen LogP) is 11.7. The maximum atomic E-state index is 6.55. The average molecular weight is 670 g/mol. The molecule has 0 unspecified atom stereocenters. The predicted molar refractivity (Wildman–Crippen MR) is 209 cm³/mol. The van der Waals surface area contributed by atoms with Crippen LogP contribution in [0.25, 0.3) is 72.4 Å². The smallest absolute Gasteiger partial charge is 0.232 e. The molecule has 6 aromatic carbocycles. The fourth-order valence-corrected chi connectivity index (χ4v) is 8.21. The first-order chi connectivity index (χ1) is 25.7. The van der Waals surface area contributed by atoms with Crippen LogP contribution in [0.3, 0.4) is 0 Å². The normalized spacial score (nSPS) is 13.8. The van der Waals surface area contributed by atoms with Gasteiger partial charge in [-0.15, -0.1) is 0 Å². The number of imidazole rings is 2. The zero-order valence-corrected chi connectivity index (χ0v) is 27.7. The van der Waals surface area contributed by atoms with Crippen molar-refractivity contribution in [3.8, 4) is 16.8 Å². The molecule has 0 saturated heterocycles. The molecule has 52 heavy (non-hydrogen) atoms. The van der Waals surface area contributed by atoms with Crippen molar-refractivity contribution in [2.75, 3.05) is 9.80 Å². The molecule has 0 spiro atoms. The Balaban J connectivity index is 1.03. The Morgan fingerprint density at radius 3 is 2.08 bits per heavy atom. The standard InChI is InChI=1S/C45H27N5O2/c1-27-24-40-47(30-12-4-2-5-13-30)43-41(32-16-8-10-18-38(32)51-43)49(40)36-22-20-28(25-34(27)36)29-21-23-37-35(26-29)46-45-48(31-14-6-3-7-15-31)44-42(50(37)45)33-17-9-11-19-39(33)52-44/h2-26H,1H2. The molecule has 0 atom stereocenters. The second-order valence-electron chi connectivity index (χ2n) is 13.4. The second kappa shape index (κ2) is 9.93. The molecular weight excluding hydrogens is 643 g/mol. The monoisotopic (exact) mass is 669 g/mol. The molecule has 2 aliphatic rings. The van der Waals surface area contributed by atoms with Gasteiger partial charge in [-0.1, -0.05) is 79.4 Å². The summed E-state index contributed by atoms with van der Waals surface area (Å²) < 4.78 is 17.4. The summed E-state index contributed by atoms with van der Waals surface area (Å²) >= 11 is 0. The molecule has 7 nitrogen and oxygen atoms in total. The molecule has 0 amide bonds. The minimum absolute atomic E-state index is 0.780. The fourth-order valence-electron chi connectivity index (χ4n) is 8.21. The Kier molecular flexibility index (Phi) is 5.26. The van der Waals surface area contributed by atoms with Crippen molar-refractivity contribution in [2.24, 2.45) is 0 Å². The molecule has 0 aliphatic carbocycles. The summed E-state index contributed by atoms with van der Waals surface area (Å²) in [4.78, 5) is 9.75. The molecule has 244 valence electrons. The van der Waals surface area contributed by atoms with Crippen molar-refractivity contribution >= 4 is 78.5 Å². The molecule has 0 saturated carbocycles. The van der Waals surface area contributed by atoms with Crippen LogP contribution >= 0.6 is 0 Å². The third-order valence-electron chi connectivity index (χ3n) is 10.5. The van der Waals surface area contributed by atoms with Crippen LogP contribution in [0.4, 0.5) is 22.9 Å². The van der Waals surface area contributed by atoms with E-state index in [9.17, 15) is 0 Å². The van der Waals surface area contributed by atoms with Crippen molar-refractivity contribution in [3.05, 3.63) is 170 Å². The van der Waals surface area contributed by atoms with Crippen molar-refractivity contribution < 1.29 is 8.83 Å². The van der Waals surface area contributed by atoms with Crippen molar-refractivity contribution in [2.45, 2.75) is 0 Å². The summed E-state index contributed by atoms with van der Waals surface area (Å²) in [5, 5.41) is 2.13. The Bertz CT molecular complexity index is 3160.